The Labute approximate surface area is 104 Å². The van der Waals surface area contributed by atoms with E-state index in [0.717, 1.165) is 0 Å². The number of halogens is 1. The van der Waals surface area contributed by atoms with Gasteiger partial charge in [0, 0.05) is 23.6 Å². The van der Waals surface area contributed by atoms with Crippen molar-refractivity contribution in [1.29, 1.82) is 0 Å². The van der Waals surface area contributed by atoms with E-state index in [1.165, 1.54) is 0 Å². The molecule has 0 aromatic heterocycles. The Morgan fingerprint density at radius 3 is 2.56 bits per heavy atom. The van der Waals surface area contributed by atoms with Gasteiger partial charge in [0.1, 0.15) is 6.79 Å². The molecule has 0 bridgehead atoms. The van der Waals surface area contributed by atoms with E-state index in [1.54, 1.807) is 0 Å². The van der Waals surface area contributed by atoms with Crippen LogP contribution >= 0.6 is 15.9 Å². The third-order valence-corrected chi connectivity index (χ3v) is 3.53. The number of carboxylic acids is 1. The molecule has 5 heteroatoms. The van der Waals surface area contributed by atoms with E-state index in [2.05, 4.69) is 15.9 Å². The summed E-state index contributed by atoms with van der Waals surface area (Å²) in [5, 5.41) is 11.9. The maximum absolute atomic E-state index is 11.2. The maximum Gasteiger partial charge on any atom is 0.147 e. The average Bonchev–Trinajstić information content (AvgIpc) is 2.15. The van der Waals surface area contributed by atoms with Crippen LogP contribution in [0.5, 0.6) is 0 Å². The Bertz CT molecular complexity index is 249. The van der Waals surface area contributed by atoms with Gasteiger partial charge < -0.3 is 19.4 Å². The third-order valence-electron chi connectivity index (χ3n) is 2.81. The largest absolute Gasteiger partial charge is 0.550 e. The summed E-state index contributed by atoms with van der Waals surface area (Å²) in [6, 6.07) is 0. The van der Waals surface area contributed by atoms with Gasteiger partial charge in [0.05, 0.1) is 12.2 Å². The van der Waals surface area contributed by atoms with Crippen LogP contribution < -0.4 is 5.11 Å². The predicted octanol–water partition coefficient (Wildman–Crippen LogP) is 0.925. The highest BCUT2D eigenvalue weighted by Gasteiger charge is 2.37. The maximum atomic E-state index is 11.2. The fourth-order valence-corrected chi connectivity index (χ4v) is 2.47. The summed E-state index contributed by atoms with van der Waals surface area (Å²) in [4.78, 5) is 11.2. The Balaban J connectivity index is 2.75. The number of hydrogen-bond donors (Lipinski definition) is 0. The van der Waals surface area contributed by atoms with Gasteiger partial charge in [0.25, 0.3) is 0 Å². The Morgan fingerprint density at radius 2 is 2.12 bits per heavy atom. The highest BCUT2D eigenvalue weighted by atomic mass is 79.9. The summed E-state index contributed by atoms with van der Waals surface area (Å²) in [6.07, 6.45) is 0.269. The van der Waals surface area contributed by atoms with E-state index in [4.69, 9.17) is 9.47 Å². The standard InChI is InChI=1S/C11H19BrO4/c1-11(2,3)9(10(13)14)8-4-7(5-12)15-6-16-8/h7-9H,4-6H2,1-3H3,(H,13,14)/p-1/t7-,8-,9?/m1/s1. The SMILES string of the molecule is CC(C)(C)C(C(=O)[O-])[C@H]1C[C@H](CBr)OCO1. The van der Waals surface area contributed by atoms with Crippen LogP contribution in [0, 0.1) is 11.3 Å². The first-order valence-electron chi connectivity index (χ1n) is 5.36. The highest BCUT2D eigenvalue weighted by Crippen LogP contribution is 2.33. The Hall–Kier alpha value is -0.130. The van der Waals surface area contributed by atoms with E-state index in [1.807, 2.05) is 20.8 Å². The summed E-state index contributed by atoms with van der Waals surface area (Å²) in [6.45, 7) is 5.81. The van der Waals surface area contributed by atoms with E-state index in [-0.39, 0.29) is 24.4 Å². The molecule has 1 heterocycles. The normalized spacial score (nSPS) is 28.8. The molecule has 0 amide bonds. The van der Waals surface area contributed by atoms with Crippen molar-refractivity contribution in [3.8, 4) is 0 Å². The van der Waals surface area contributed by atoms with Crippen LogP contribution in [0.4, 0.5) is 0 Å². The summed E-state index contributed by atoms with van der Waals surface area (Å²) in [7, 11) is 0. The first-order valence-corrected chi connectivity index (χ1v) is 6.48. The monoisotopic (exact) mass is 293 g/mol. The van der Waals surface area contributed by atoms with Crippen LogP contribution in [0.1, 0.15) is 27.2 Å². The van der Waals surface area contributed by atoms with Crippen LogP contribution in [0.25, 0.3) is 0 Å². The lowest BCUT2D eigenvalue weighted by Crippen LogP contribution is -2.50. The van der Waals surface area contributed by atoms with Crippen molar-refractivity contribution in [3.05, 3.63) is 0 Å². The lowest BCUT2D eigenvalue weighted by Gasteiger charge is -2.41. The number of carbonyl (C=O) groups excluding carboxylic acids is 1. The zero-order valence-corrected chi connectivity index (χ0v) is 11.5. The summed E-state index contributed by atoms with van der Waals surface area (Å²) < 4.78 is 10.7. The second-order valence-electron chi connectivity index (χ2n) is 5.16. The van der Waals surface area contributed by atoms with Gasteiger partial charge in [0.2, 0.25) is 0 Å². The van der Waals surface area contributed by atoms with Gasteiger partial charge in [-0.05, 0) is 5.41 Å². The molecule has 0 aliphatic carbocycles. The Kier molecular flexibility index (Phi) is 4.76. The summed E-state index contributed by atoms with van der Waals surface area (Å²) in [5.41, 5.74) is -0.377. The van der Waals surface area contributed by atoms with Crippen molar-refractivity contribution in [2.24, 2.45) is 11.3 Å². The molecule has 0 aromatic rings. The Morgan fingerprint density at radius 1 is 1.50 bits per heavy atom. The number of carbonyl (C=O) groups is 1. The minimum Gasteiger partial charge on any atom is -0.550 e. The molecule has 1 aliphatic heterocycles. The molecule has 3 atom stereocenters. The van der Waals surface area contributed by atoms with Gasteiger partial charge in [-0.1, -0.05) is 36.7 Å². The van der Waals surface area contributed by atoms with E-state index >= 15 is 0 Å². The van der Waals surface area contributed by atoms with Crippen LogP contribution in [0.15, 0.2) is 0 Å². The van der Waals surface area contributed by atoms with Crippen molar-refractivity contribution < 1.29 is 19.4 Å². The minimum absolute atomic E-state index is 0.0166. The van der Waals surface area contributed by atoms with Gasteiger partial charge in [-0.25, -0.2) is 0 Å². The van der Waals surface area contributed by atoms with Crippen LogP contribution in [-0.4, -0.2) is 30.3 Å². The second kappa shape index (κ2) is 5.47. The zero-order valence-electron chi connectivity index (χ0n) is 9.86. The molecule has 1 unspecified atom stereocenters. The lowest BCUT2D eigenvalue weighted by atomic mass is 9.76. The highest BCUT2D eigenvalue weighted by molar-refractivity contribution is 9.09. The van der Waals surface area contributed by atoms with Crippen molar-refractivity contribution in [1.82, 2.24) is 0 Å². The topological polar surface area (TPSA) is 58.6 Å². The quantitative estimate of drug-likeness (QED) is 0.726. The number of ether oxygens (including phenoxy) is 2. The molecule has 1 saturated heterocycles. The van der Waals surface area contributed by atoms with Crippen molar-refractivity contribution in [2.75, 3.05) is 12.1 Å². The number of rotatable bonds is 3. The predicted molar refractivity (Wildman–Crippen MR) is 61.0 cm³/mol. The molecule has 1 rings (SSSR count). The molecule has 0 spiro atoms. The lowest BCUT2D eigenvalue weighted by molar-refractivity contribution is -0.322. The van der Waals surface area contributed by atoms with E-state index < -0.39 is 11.9 Å². The molecule has 0 N–H and O–H groups in total. The van der Waals surface area contributed by atoms with Gasteiger partial charge in [-0.15, -0.1) is 0 Å². The van der Waals surface area contributed by atoms with Crippen LogP contribution in [-0.2, 0) is 14.3 Å². The van der Waals surface area contributed by atoms with Crippen LogP contribution in [0.3, 0.4) is 0 Å². The smallest absolute Gasteiger partial charge is 0.147 e. The minimum atomic E-state index is -1.05. The van der Waals surface area contributed by atoms with Gasteiger partial charge in [0.15, 0.2) is 0 Å². The number of carboxylic acid groups (broad SMARTS) is 1. The second-order valence-corrected chi connectivity index (χ2v) is 5.81. The van der Waals surface area contributed by atoms with E-state index in [9.17, 15) is 9.90 Å². The molecule has 1 aliphatic rings. The zero-order chi connectivity index (χ0) is 12.3. The molecule has 1 fully saturated rings. The molecule has 0 radical (unpaired) electrons. The molecule has 4 nitrogen and oxygen atoms in total. The third kappa shape index (κ3) is 3.43. The molecule has 0 saturated carbocycles. The molecule has 94 valence electrons. The number of aliphatic carboxylic acids is 1. The fraction of sp³-hybridized carbons (Fsp3) is 0.909. The molecule has 16 heavy (non-hydrogen) atoms. The first kappa shape index (κ1) is 13.9. The first-order chi connectivity index (χ1) is 7.36. The van der Waals surface area contributed by atoms with Crippen molar-refractivity contribution in [2.45, 2.75) is 39.4 Å². The van der Waals surface area contributed by atoms with Gasteiger partial charge in [-0.3, -0.25) is 0 Å². The average molecular weight is 294 g/mol. The summed E-state index contributed by atoms with van der Waals surface area (Å²) >= 11 is 3.33. The summed E-state index contributed by atoms with van der Waals surface area (Å²) in [5.74, 6) is -1.66. The van der Waals surface area contributed by atoms with Crippen molar-refractivity contribution in [3.63, 3.8) is 0 Å². The van der Waals surface area contributed by atoms with Crippen LogP contribution in [0.2, 0.25) is 0 Å². The van der Waals surface area contributed by atoms with Crippen molar-refractivity contribution >= 4 is 21.9 Å². The molecule has 0 aromatic carbocycles. The van der Waals surface area contributed by atoms with Gasteiger partial charge in [-0.2, -0.15) is 0 Å². The molecular formula is C11H18BrO4-. The number of hydrogen-bond acceptors (Lipinski definition) is 4. The fourth-order valence-electron chi connectivity index (χ4n) is 2.02. The van der Waals surface area contributed by atoms with E-state index in [0.29, 0.717) is 11.8 Å². The van der Waals surface area contributed by atoms with Gasteiger partial charge >= 0.3 is 0 Å². The molecular weight excluding hydrogens is 276 g/mol. The number of alkyl halides is 1.